The van der Waals surface area contributed by atoms with Crippen LogP contribution in [0.5, 0.6) is 0 Å². The third-order valence-corrected chi connectivity index (χ3v) is 5.02. The number of nitrogens with one attached hydrogen (secondary N) is 1. The van der Waals surface area contributed by atoms with Gasteiger partial charge in [0.1, 0.15) is 0 Å². The van der Waals surface area contributed by atoms with Crippen LogP contribution in [-0.4, -0.2) is 49.7 Å². The zero-order chi connectivity index (χ0) is 15.9. The molecule has 0 bridgehead atoms. The van der Waals surface area contributed by atoms with Gasteiger partial charge in [-0.2, -0.15) is 0 Å². The number of benzene rings is 1. The molecule has 0 radical (unpaired) electrons. The molecule has 0 unspecified atom stereocenters. The van der Waals surface area contributed by atoms with E-state index in [-0.39, 0.29) is 5.91 Å². The van der Waals surface area contributed by atoms with Gasteiger partial charge in [-0.1, -0.05) is 36.8 Å². The van der Waals surface area contributed by atoms with Crippen molar-refractivity contribution < 1.29 is 9.53 Å². The molecule has 2 aliphatic heterocycles. The summed E-state index contributed by atoms with van der Waals surface area (Å²) in [6, 6.07) is 11.1. The first-order valence-electron chi connectivity index (χ1n) is 8.93. The quantitative estimate of drug-likeness (QED) is 0.875. The number of ether oxygens (including phenoxy) is 1. The van der Waals surface area contributed by atoms with E-state index < -0.39 is 0 Å². The van der Waals surface area contributed by atoms with Gasteiger partial charge in [0.2, 0.25) is 5.91 Å². The molecule has 4 heteroatoms. The number of hydrogen-bond acceptors (Lipinski definition) is 3. The number of nitrogens with zero attached hydrogens (tertiary/aromatic N) is 1. The van der Waals surface area contributed by atoms with Crippen molar-refractivity contribution in [1.82, 2.24) is 10.2 Å². The summed E-state index contributed by atoms with van der Waals surface area (Å²) < 4.78 is 5.36. The van der Waals surface area contributed by atoms with E-state index in [0.29, 0.717) is 18.5 Å². The van der Waals surface area contributed by atoms with E-state index in [1.54, 1.807) is 0 Å². The molecule has 3 rings (SSSR count). The molecule has 0 aliphatic carbocycles. The normalized spacial score (nSPS) is 25.4. The Balaban J connectivity index is 1.48. The predicted octanol–water partition coefficient (Wildman–Crippen LogP) is 2.24. The minimum absolute atomic E-state index is 0.164. The van der Waals surface area contributed by atoms with Gasteiger partial charge in [-0.05, 0) is 37.8 Å². The van der Waals surface area contributed by atoms with Crippen molar-refractivity contribution in [2.75, 3.05) is 32.8 Å². The van der Waals surface area contributed by atoms with E-state index in [0.717, 1.165) is 39.1 Å². The van der Waals surface area contributed by atoms with Crippen molar-refractivity contribution in [3.63, 3.8) is 0 Å². The molecule has 2 atom stereocenters. The zero-order valence-electron chi connectivity index (χ0n) is 13.9. The van der Waals surface area contributed by atoms with E-state index >= 15 is 0 Å². The largest absolute Gasteiger partial charge is 0.381 e. The van der Waals surface area contributed by atoms with Crippen molar-refractivity contribution in [3.05, 3.63) is 35.9 Å². The Labute approximate surface area is 139 Å². The summed E-state index contributed by atoms with van der Waals surface area (Å²) in [5.74, 6) is 0.664. The molecule has 2 saturated heterocycles. The Morgan fingerprint density at radius 3 is 2.87 bits per heavy atom. The number of rotatable bonds is 6. The smallest absolute Gasteiger partial charge is 0.234 e. The Morgan fingerprint density at radius 2 is 2.09 bits per heavy atom. The highest BCUT2D eigenvalue weighted by Crippen LogP contribution is 2.20. The molecular weight excluding hydrogens is 288 g/mol. The van der Waals surface area contributed by atoms with Gasteiger partial charge >= 0.3 is 0 Å². The Morgan fingerprint density at radius 1 is 1.22 bits per heavy atom. The highest BCUT2D eigenvalue weighted by molar-refractivity contribution is 5.78. The lowest BCUT2D eigenvalue weighted by molar-refractivity contribution is -0.123. The summed E-state index contributed by atoms with van der Waals surface area (Å²) in [7, 11) is 0. The molecule has 4 nitrogen and oxygen atoms in total. The maximum atomic E-state index is 12.3. The fourth-order valence-electron chi connectivity index (χ4n) is 3.63. The van der Waals surface area contributed by atoms with Gasteiger partial charge in [0.25, 0.3) is 0 Å². The summed E-state index contributed by atoms with van der Waals surface area (Å²) >= 11 is 0. The first-order valence-corrected chi connectivity index (χ1v) is 8.93. The molecule has 23 heavy (non-hydrogen) atoms. The topological polar surface area (TPSA) is 41.6 Å². The molecule has 0 spiro atoms. The van der Waals surface area contributed by atoms with Gasteiger partial charge in [0.15, 0.2) is 0 Å². The minimum atomic E-state index is 0.164. The number of piperidine rings is 1. The molecule has 2 aliphatic rings. The lowest BCUT2D eigenvalue weighted by Crippen LogP contribution is -2.47. The SMILES string of the molecule is O=C(CN1CCCC[C@@H]1Cc1ccccc1)NC[C@@H]1CCOC1. The maximum absolute atomic E-state index is 12.3. The average Bonchev–Trinajstić information content (AvgIpc) is 3.09. The van der Waals surface area contributed by atoms with Crippen molar-refractivity contribution in [1.29, 1.82) is 0 Å². The summed E-state index contributed by atoms with van der Waals surface area (Å²) in [5.41, 5.74) is 1.37. The fraction of sp³-hybridized carbons (Fsp3) is 0.632. The highest BCUT2D eigenvalue weighted by atomic mass is 16.5. The minimum Gasteiger partial charge on any atom is -0.381 e. The Hall–Kier alpha value is -1.39. The van der Waals surface area contributed by atoms with Crippen LogP contribution in [-0.2, 0) is 16.0 Å². The highest BCUT2D eigenvalue weighted by Gasteiger charge is 2.25. The Kier molecular flexibility index (Phi) is 6.06. The first-order chi connectivity index (χ1) is 11.3. The number of hydrogen-bond donors (Lipinski definition) is 1. The van der Waals surface area contributed by atoms with Gasteiger partial charge in [-0.3, -0.25) is 9.69 Å². The van der Waals surface area contributed by atoms with Crippen LogP contribution in [0.4, 0.5) is 0 Å². The van der Waals surface area contributed by atoms with Crippen molar-refractivity contribution >= 4 is 5.91 Å². The summed E-state index contributed by atoms with van der Waals surface area (Å²) in [6.07, 6.45) is 5.79. The molecule has 126 valence electrons. The second-order valence-electron chi connectivity index (χ2n) is 6.84. The third-order valence-electron chi connectivity index (χ3n) is 5.02. The van der Waals surface area contributed by atoms with Crippen LogP contribution < -0.4 is 5.32 Å². The molecule has 0 aromatic heterocycles. The van der Waals surface area contributed by atoms with Crippen molar-refractivity contribution in [2.45, 2.75) is 38.1 Å². The van der Waals surface area contributed by atoms with Crippen LogP contribution in [0.3, 0.4) is 0 Å². The summed E-state index contributed by atoms with van der Waals surface area (Å²) in [4.78, 5) is 14.6. The maximum Gasteiger partial charge on any atom is 0.234 e. The van der Waals surface area contributed by atoms with Crippen molar-refractivity contribution in [3.8, 4) is 0 Å². The molecule has 1 aromatic rings. The molecule has 0 saturated carbocycles. The summed E-state index contributed by atoms with van der Waals surface area (Å²) in [6.45, 7) is 3.96. The first kappa shape index (κ1) is 16.5. The standard InChI is InChI=1S/C19H28N2O2/c22-19(20-13-17-9-11-23-15-17)14-21-10-5-4-8-18(21)12-16-6-2-1-3-7-16/h1-3,6-7,17-18H,4-5,8-15H2,(H,20,22)/t17-,18+/m0/s1. The van der Waals surface area contributed by atoms with E-state index in [1.165, 1.54) is 24.8 Å². The summed E-state index contributed by atoms with van der Waals surface area (Å²) in [5, 5.41) is 3.10. The van der Waals surface area contributed by atoms with Crippen LogP contribution in [0.25, 0.3) is 0 Å². The van der Waals surface area contributed by atoms with E-state index in [4.69, 9.17) is 4.74 Å². The van der Waals surface area contributed by atoms with Gasteiger partial charge in [0.05, 0.1) is 13.2 Å². The van der Waals surface area contributed by atoms with Crippen LogP contribution in [0, 0.1) is 5.92 Å². The molecule has 1 aromatic carbocycles. The van der Waals surface area contributed by atoms with Crippen LogP contribution >= 0.6 is 0 Å². The molecule has 1 amide bonds. The molecule has 1 N–H and O–H groups in total. The van der Waals surface area contributed by atoms with Crippen molar-refractivity contribution in [2.24, 2.45) is 5.92 Å². The van der Waals surface area contributed by atoms with E-state index in [1.807, 2.05) is 0 Å². The van der Waals surface area contributed by atoms with Gasteiger partial charge in [0, 0.05) is 25.1 Å². The van der Waals surface area contributed by atoms with Gasteiger partial charge < -0.3 is 10.1 Å². The van der Waals surface area contributed by atoms with Crippen LogP contribution in [0.2, 0.25) is 0 Å². The van der Waals surface area contributed by atoms with Crippen LogP contribution in [0.15, 0.2) is 30.3 Å². The van der Waals surface area contributed by atoms with Gasteiger partial charge in [-0.25, -0.2) is 0 Å². The zero-order valence-corrected chi connectivity index (χ0v) is 13.9. The lowest BCUT2D eigenvalue weighted by atomic mass is 9.95. The number of carbonyl (C=O) groups excluding carboxylic acids is 1. The molecular formula is C19H28N2O2. The second kappa shape index (κ2) is 8.46. The Bertz CT molecular complexity index is 485. The number of likely N-dealkylation sites (tertiary alicyclic amines) is 1. The number of amides is 1. The molecule has 2 heterocycles. The lowest BCUT2D eigenvalue weighted by Gasteiger charge is -2.35. The number of carbonyl (C=O) groups is 1. The van der Waals surface area contributed by atoms with Gasteiger partial charge in [-0.15, -0.1) is 0 Å². The van der Waals surface area contributed by atoms with Crippen LogP contribution in [0.1, 0.15) is 31.2 Å². The fourth-order valence-corrected chi connectivity index (χ4v) is 3.63. The van der Waals surface area contributed by atoms with E-state index in [9.17, 15) is 4.79 Å². The average molecular weight is 316 g/mol. The third kappa shape index (κ3) is 5.05. The second-order valence-corrected chi connectivity index (χ2v) is 6.84. The van der Waals surface area contributed by atoms with E-state index in [2.05, 4.69) is 40.5 Å². The molecule has 2 fully saturated rings. The predicted molar refractivity (Wildman–Crippen MR) is 91.3 cm³/mol. The monoisotopic (exact) mass is 316 g/mol.